The maximum Gasteiger partial charge on any atom is 0.277 e. The number of non-ortho nitro benzene ring substituents is 1. The molecule has 0 aliphatic carbocycles. The van der Waals surface area contributed by atoms with Crippen molar-refractivity contribution in [3.63, 3.8) is 0 Å². The molecule has 126 valence electrons. The van der Waals surface area contributed by atoms with E-state index < -0.39 is 14.9 Å². The smallest absolute Gasteiger partial charge is 0.258 e. The molecule has 0 spiro atoms. The molecule has 0 saturated heterocycles. The van der Waals surface area contributed by atoms with Crippen LogP contribution >= 0.6 is 0 Å². The van der Waals surface area contributed by atoms with E-state index in [2.05, 4.69) is 9.93 Å². The number of aryl methyl sites for hydroxylation is 3. The number of hydrazone groups is 1. The van der Waals surface area contributed by atoms with Gasteiger partial charge < -0.3 is 0 Å². The van der Waals surface area contributed by atoms with Gasteiger partial charge in [0.05, 0.1) is 16.0 Å². The standard InChI is InChI=1S/C16H17N3O4S/c1-11-7-12(2)16(13(3)8-11)24(22,23)18-17-10-14-5-4-6-15(9-14)19(20)21/h4-10,18H,1-3H3/b17-10+. The van der Waals surface area contributed by atoms with Gasteiger partial charge in [-0.3, -0.25) is 10.1 Å². The monoisotopic (exact) mass is 347 g/mol. The Labute approximate surface area is 140 Å². The Morgan fingerprint density at radius 2 is 1.75 bits per heavy atom. The molecule has 0 bridgehead atoms. The third-order valence-electron chi connectivity index (χ3n) is 3.34. The van der Waals surface area contributed by atoms with Crippen LogP contribution in [0.25, 0.3) is 0 Å². The first-order chi connectivity index (χ1) is 11.2. The zero-order valence-electron chi connectivity index (χ0n) is 13.5. The molecule has 1 N–H and O–H groups in total. The quantitative estimate of drug-likeness (QED) is 0.510. The van der Waals surface area contributed by atoms with Gasteiger partial charge >= 0.3 is 0 Å². The summed E-state index contributed by atoms with van der Waals surface area (Å²) in [5, 5.41) is 14.4. The molecular formula is C16H17N3O4S. The molecule has 0 radical (unpaired) electrons. The zero-order chi connectivity index (χ0) is 17.9. The lowest BCUT2D eigenvalue weighted by molar-refractivity contribution is -0.384. The summed E-state index contributed by atoms with van der Waals surface area (Å²) in [5.41, 5.74) is 2.57. The van der Waals surface area contributed by atoms with E-state index in [1.807, 2.05) is 6.92 Å². The van der Waals surface area contributed by atoms with Crippen molar-refractivity contribution in [1.29, 1.82) is 0 Å². The number of sulfonamides is 1. The van der Waals surface area contributed by atoms with Crippen molar-refractivity contribution in [3.05, 3.63) is 68.8 Å². The normalized spacial score (nSPS) is 11.6. The van der Waals surface area contributed by atoms with Crippen LogP contribution in [-0.2, 0) is 10.0 Å². The first-order valence-corrected chi connectivity index (χ1v) is 8.56. The average Bonchev–Trinajstić information content (AvgIpc) is 2.45. The summed E-state index contributed by atoms with van der Waals surface area (Å²) in [5.74, 6) is 0. The van der Waals surface area contributed by atoms with Gasteiger partial charge in [-0.15, -0.1) is 0 Å². The molecule has 0 heterocycles. The van der Waals surface area contributed by atoms with Crippen LogP contribution in [0.5, 0.6) is 0 Å². The molecule has 2 rings (SSSR count). The van der Waals surface area contributed by atoms with Crippen molar-refractivity contribution in [2.24, 2.45) is 5.10 Å². The first kappa shape index (κ1) is 17.6. The Bertz CT molecular complexity index is 898. The second-order valence-corrected chi connectivity index (χ2v) is 7.03. The molecule has 0 fully saturated rings. The van der Waals surface area contributed by atoms with Crippen LogP contribution in [0, 0.1) is 30.9 Å². The molecule has 0 aliphatic heterocycles. The summed E-state index contributed by atoms with van der Waals surface area (Å²) in [7, 11) is -3.82. The van der Waals surface area contributed by atoms with Crippen LogP contribution in [0.2, 0.25) is 0 Å². The van der Waals surface area contributed by atoms with Gasteiger partial charge in [-0.25, -0.2) is 4.83 Å². The average molecular weight is 347 g/mol. The third kappa shape index (κ3) is 3.96. The van der Waals surface area contributed by atoms with Gasteiger partial charge in [-0.05, 0) is 31.9 Å². The topological polar surface area (TPSA) is 102 Å². The maximum atomic E-state index is 12.4. The predicted molar refractivity (Wildman–Crippen MR) is 91.7 cm³/mol. The second-order valence-electron chi connectivity index (χ2n) is 5.43. The van der Waals surface area contributed by atoms with Crippen molar-refractivity contribution in [2.75, 3.05) is 0 Å². The van der Waals surface area contributed by atoms with Crippen LogP contribution in [-0.4, -0.2) is 19.6 Å². The minimum absolute atomic E-state index is 0.0907. The Hall–Kier alpha value is -2.74. The molecule has 0 amide bonds. The number of hydrogen-bond acceptors (Lipinski definition) is 5. The summed E-state index contributed by atoms with van der Waals surface area (Å²) in [6.07, 6.45) is 1.23. The molecule has 0 aliphatic rings. The molecule has 8 heteroatoms. The van der Waals surface area contributed by atoms with Gasteiger partial charge in [0.15, 0.2) is 0 Å². The highest BCUT2D eigenvalue weighted by molar-refractivity contribution is 7.89. The highest BCUT2D eigenvalue weighted by Gasteiger charge is 2.19. The summed E-state index contributed by atoms with van der Waals surface area (Å²) >= 11 is 0. The lowest BCUT2D eigenvalue weighted by Crippen LogP contribution is -2.20. The Balaban J connectivity index is 2.25. The first-order valence-electron chi connectivity index (χ1n) is 7.08. The highest BCUT2D eigenvalue weighted by Crippen LogP contribution is 2.21. The lowest BCUT2D eigenvalue weighted by atomic mass is 10.1. The number of nitro groups is 1. The van der Waals surface area contributed by atoms with E-state index in [1.165, 1.54) is 24.4 Å². The van der Waals surface area contributed by atoms with Crippen LogP contribution in [0.4, 0.5) is 5.69 Å². The molecule has 0 unspecified atom stereocenters. The van der Waals surface area contributed by atoms with Gasteiger partial charge in [-0.1, -0.05) is 29.8 Å². The molecule has 2 aromatic rings. The van der Waals surface area contributed by atoms with E-state index in [4.69, 9.17) is 0 Å². The van der Waals surface area contributed by atoms with Crippen molar-refractivity contribution in [2.45, 2.75) is 25.7 Å². The third-order valence-corrected chi connectivity index (χ3v) is 4.87. The summed E-state index contributed by atoms with van der Waals surface area (Å²) in [6.45, 7) is 5.34. The number of nitrogens with zero attached hydrogens (tertiary/aromatic N) is 2. The predicted octanol–water partition coefficient (Wildman–Crippen LogP) is 2.83. The number of nitro benzene ring substituents is 1. The van der Waals surface area contributed by atoms with E-state index in [-0.39, 0.29) is 10.6 Å². The van der Waals surface area contributed by atoms with Crippen molar-refractivity contribution in [3.8, 4) is 0 Å². The number of rotatable bonds is 5. The largest absolute Gasteiger partial charge is 0.277 e. The summed E-state index contributed by atoms with van der Waals surface area (Å²) < 4.78 is 24.8. The fourth-order valence-electron chi connectivity index (χ4n) is 2.53. The van der Waals surface area contributed by atoms with E-state index in [0.29, 0.717) is 16.7 Å². The molecule has 0 saturated carbocycles. The number of nitrogens with one attached hydrogen (secondary N) is 1. The van der Waals surface area contributed by atoms with Crippen LogP contribution in [0.3, 0.4) is 0 Å². The van der Waals surface area contributed by atoms with Crippen molar-refractivity contribution >= 4 is 21.9 Å². The lowest BCUT2D eigenvalue weighted by Gasteiger charge is -2.11. The summed E-state index contributed by atoms with van der Waals surface area (Å²) in [6, 6.07) is 9.31. The fourth-order valence-corrected chi connectivity index (χ4v) is 3.77. The second kappa shape index (κ2) is 6.79. The highest BCUT2D eigenvalue weighted by atomic mass is 32.2. The van der Waals surface area contributed by atoms with Crippen LogP contribution < -0.4 is 4.83 Å². The minimum Gasteiger partial charge on any atom is -0.258 e. The maximum absolute atomic E-state index is 12.4. The molecular weight excluding hydrogens is 330 g/mol. The van der Waals surface area contributed by atoms with Crippen molar-refractivity contribution in [1.82, 2.24) is 4.83 Å². The van der Waals surface area contributed by atoms with E-state index in [0.717, 1.165) is 5.56 Å². The SMILES string of the molecule is Cc1cc(C)c(S(=O)(=O)N/N=C/c2cccc([N+](=O)[O-])c2)c(C)c1. The fraction of sp³-hybridized carbons (Fsp3) is 0.188. The number of hydrogen-bond donors (Lipinski definition) is 1. The minimum atomic E-state index is -3.82. The van der Waals surface area contributed by atoms with Gasteiger partial charge in [0, 0.05) is 17.7 Å². The van der Waals surface area contributed by atoms with Crippen molar-refractivity contribution < 1.29 is 13.3 Å². The van der Waals surface area contributed by atoms with Gasteiger partial charge in [0.25, 0.3) is 15.7 Å². The zero-order valence-corrected chi connectivity index (χ0v) is 14.3. The molecule has 2 aromatic carbocycles. The van der Waals surface area contributed by atoms with Crippen LogP contribution in [0.1, 0.15) is 22.3 Å². The summed E-state index contributed by atoms with van der Waals surface area (Å²) in [4.78, 5) is 12.5. The molecule has 0 atom stereocenters. The molecule has 0 aromatic heterocycles. The van der Waals surface area contributed by atoms with E-state index in [1.54, 1.807) is 32.0 Å². The Morgan fingerprint density at radius 3 is 2.33 bits per heavy atom. The van der Waals surface area contributed by atoms with Gasteiger partial charge in [0.1, 0.15) is 0 Å². The van der Waals surface area contributed by atoms with E-state index in [9.17, 15) is 18.5 Å². The van der Waals surface area contributed by atoms with Gasteiger partial charge in [-0.2, -0.15) is 13.5 Å². The molecule has 7 nitrogen and oxygen atoms in total. The van der Waals surface area contributed by atoms with Crippen LogP contribution in [0.15, 0.2) is 46.4 Å². The molecule has 24 heavy (non-hydrogen) atoms. The van der Waals surface area contributed by atoms with Gasteiger partial charge in [0.2, 0.25) is 0 Å². The Kier molecular flexibility index (Phi) is 4.99. The Morgan fingerprint density at radius 1 is 1.12 bits per heavy atom. The van der Waals surface area contributed by atoms with E-state index >= 15 is 0 Å². The number of benzene rings is 2.